The molecule has 5 heterocycles. The van der Waals surface area contributed by atoms with Crippen LogP contribution in [0.15, 0.2) is 206 Å². The Morgan fingerprint density at radius 2 is 1.04 bits per heavy atom. The van der Waals surface area contributed by atoms with Gasteiger partial charge in [0.2, 0.25) is 11.7 Å². The van der Waals surface area contributed by atoms with Gasteiger partial charge in [0.05, 0.1) is 10.2 Å². The number of benzene rings is 8. The van der Waals surface area contributed by atoms with E-state index >= 15 is 0 Å². The van der Waals surface area contributed by atoms with Crippen molar-refractivity contribution >= 4 is 97.4 Å². The maximum absolute atomic E-state index is 5.09. The lowest BCUT2D eigenvalue weighted by Crippen LogP contribution is -2.61. The molecule has 0 N–H and O–H groups in total. The highest BCUT2D eigenvalue weighted by Gasteiger charge is 2.46. The molecule has 0 saturated heterocycles. The molecule has 354 valence electrons. The molecule has 8 aromatic rings. The summed E-state index contributed by atoms with van der Waals surface area (Å²) in [6, 6.07) is 63.3. The minimum absolute atomic E-state index is 0.0260. The second kappa shape index (κ2) is 16.5. The Bertz CT molecular complexity index is 3740. The average molecular weight is 950 g/mol. The largest absolute Gasteiger partial charge is 0.311 e. The standard InChI is InChI=1S/C62H54BN10/c1-38(2)43-35-52-54-53(36-43)71(47-29-23-42(24-30-47)58-67-60-65-56(40-18-11-9-12-19-40)64-59-66-57(41-20-13-10-14-21-41)68-73(69-58)72(59)60)55-48-22-16-15-17-39(48)25-33-49(55)63(54)50-37-45(62(6,7)8)28-34-51(50)70(52)46-31-26-44(27-32-46)61(3,4)5/h9-38H,1-8H3/q+1. The van der Waals surface area contributed by atoms with Crippen molar-refractivity contribution in [2.45, 2.75) is 72.1 Å². The second-order valence-corrected chi connectivity index (χ2v) is 21.9. The summed E-state index contributed by atoms with van der Waals surface area (Å²) in [6.07, 6.45) is 0. The minimum Gasteiger partial charge on any atom is -0.311 e. The summed E-state index contributed by atoms with van der Waals surface area (Å²) >= 11 is 0. The van der Waals surface area contributed by atoms with E-state index in [2.05, 4.69) is 180 Å². The zero-order chi connectivity index (χ0) is 49.9. The number of aliphatic imine (C=N–C) groups is 4. The van der Waals surface area contributed by atoms with Crippen LogP contribution in [0.2, 0.25) is 0 Å². The maximum atomic E-state index is 5.09. The molecule has 0 fully saturated rings. The number of hydrazone groups is 1. The molecule has 10 nitrogen and oxygen atoms in total. The highest BCUT2D eigenvalue weighted by atomic mass is 15.9. The van der Waals surface area contributed by atoms with Crippen LogP contribution < -0.4 is 26.2 Å². The summed E-state index contributed by atoms with van der Waals surface area (Å²) in [6.45, 7) is 18.4. The fourth-order valence-electron chi connectivity index (χ4n) is 10.8. The van der Waals surface area contributed by atoms with Gasteiger partial charge in [-0.05, 0) is 110 Å². The van der Waals surface area contributed by atoms with Crippen LogP contribution in [-0.4, -0.2) is 46.1 Å². The van der Waals surface area contributed by atoms with E-state index in [9.17, 15) is 0 Å². The van der Waals surface area contributed by atoms with Gasteiger partial charge in [-0.1, -0.05) is 177 Å². The molecule has 0 spiro atoms. The Kier molecular flexibility index (Phi) is 10.0. The first-order chi connectivity index (χ1) is 35.3. The van der Waals surface area contributed by atoms with Crippen molar-refractivity contribution in [1.82, 2.24) is 5.01 Å². The summed E-state index contributed by atoms with van der Waals surface area (Å²) in [5.41, 5.74) is 17.2. The fraction of sp³-hybridized carbons (Fsp3) is 0.177. The van der Waals surface area contributed by atoms with Crippen molar-refractivity contribution in [3.63, 3.8) is 0 Å². The molecule has 8 aromatic carbocycles. The summed E-state index contributed by atoms with van der Waals surface area (Å²) in [5, 5.41) is 14.0. The van der Waals surface area contributed by atoms with Gasteiger partial charge in [0.25, 0.3) is 6.71 Å². The smallest absolute Gasteiger partial charge is 0.302 e. The topological polar surface area (TPSA) is 86.9 Å². The van der Waals surface area contributed by atoms with E-state index in [0.717, 1.165) is 28.1 Å². The zero-order valence-electron chi connectivity index (χ0n) is 42.4. The summed E-state index contributed by atoms with van der Waals surface area (Å²) in [7, 11) is 0. The first-order valence-electron chi connectivity index (χ1n) is 25.3. The molecule has 73 heavy (non-hydrogen) atoms. The third-order valence-electron chi connectivity index (χ3n) is 14.7. The van der Waals surface area contributed by atoms with Gasteiger partial charge in [-0.2, -0.15) is 20.0 Å². The fourth-order valence-corrected chi connectivity index (χ4v) is 10.8. The van der Waals surface area contributed by atoms with E-state index in [1.165, 1.54) is 71.5 Å². The van der Waals surface area contributed by atoms with Crippen molar-refractivity contribution in [3.8, 4) is 0 Å². The molecular weight excluding hydrogens is 896 g/mol. The normalized spacial score (nSPS) is 15.6. The number of nitrogens with zero attached hydrogens (tertiary/aromatic N) is 10. The van der Waals surface area contributed by atoms with Gasteiger partial charge in [0.15, 0.2) is 10.8 Å². The monoisotopic (exact) mass is 949 g/mol. The van der Waals surface area contributed by atoms with Crippen LogP contribution >= 0.6 is 0 Å². The number of anilines is 6. The van der Waals surface area contributed by atoms with Crippen LogP contribution in [0, 0.1) is 0 Å². The zero-order valence-corrected chi connectivity index (χ0v) is 42.4. The van der Waals surface area contributed by atoms with Gasteiger partial charge in [0, 0.05) is 61.2 Å². The quantitative estimate of drug-likeness (QED) is 0.123. The molecule has 0 aliphatic carbocycles. The van der Waals surface area contributed by atoms with Gasteiger partial charge >= 0.3 is 11.9 Å². The summed E-state index contributed by atoms with van der Waals surface area (Å²) in [4.78, 5) is 26.4. The molecule has 5 aliphatic heterocycles. The van der Waals surface area contributed by atoms with Gasteiger partial charge in [-0.3, -0.25) is 0 Å². The molecular formula is C62H54BN10+. The van der Waals surface area contributed by atoms with Crippen LogP contribution in [0.1, 0.15) is 94.7 Å². The van der Waals surface area contributed by atoms with Crippen molar-refractivity contribution < 1.29 is 4.92 Å². The number of hydrogen-bond acceptors (Lipinski definition) is 9. The molecule has 11 heteroatoms. The third kappa shape index (κ3) is 7.35. The number of amidine groups is 3. The number of hydrogen-bond donors (Lipinski definition) is 0. The molecule has 0 saturated carbocycles. The van der Waals surface area contributed by atoms with E-state index in [1.54, 1.807) is 5.01 Å². The number of guanidine groups is 2. The first-order valence-corrected chi connectivity index (χ1v) is 25.3. The van der Waals surface area contributed by atoms with Crippen LogP contribution in [0.5, 0.6) is 0 Å². The highest BCUT2D eigenvalue weighted by Crippen LogP contribution is 2.48. The Morgan fingerprint density at radius 3 is 1.71 bits per heavy atom. The minimum atomic E-state index is -0.0531. The van der Waals surface area contributed by atoms with Crippen LogP contribution in [0.4, 0.5) is 34.1 Å². The van der Waals surface area contributed by atoms with E-state index in [1.807, 2.05) is 60.7 Å². The number of fused-ring (bicyclic) bond motifs is 6. The second-order valence-electron chi connectivity index (χ2n) is 21.9. The predicted molar refractivity (Wildman–Crippen MR) is 301 cm³/mol. The molecule has 5 aliphatic rings. The predicted octanol–water partition coefficient (Wildman–Crippen LogP) is 12.6. The van der Waals surface area contributed by atoms with Gasteiger partial charge in [-0.25, -0.2) is 0 Å². The van der Waals surface area contributed by atoms with E-state index in [0.29, 0.717) is 29.4 Å². The van der Waals surface area contributed by atoms with Crippen molar-refractivity contribution in [1.29, 1.82) is 0 Å². The van der Waals surface area contributed by atoms with Crippen LogP contribution in [0.3, 0.4) is 0 Å². The Labute approximate surface area is 426 Å². The van der Waals surface area contributed by atoms with Crippen LogP contribution in [0.25, 0.3) is 10.8 Å². The molecule has 0 radical (unpaired) electrons. The van der Waals surface area contributed by atoms with Gasteiger partial charge < -0.3 is 9.80 Å². The summed E-state index contributed by atoms with van der Waals surface area (Å²) in [5.74, 6) is 2.50. The summed E-state index contributed by atoms with van der Waals surface area (Å²) < 4.78 is 0. The average Bonchev–Trinajstić information content (AvgIpc) is 3.40. The van der Waals surface area contributed by atoms with Crippen molar-refractivity contribution in [2.75, 3.05) is 9.80 Å². The lowest BCUT2D eigenvalue weighted by Gasteiger charge is -2.45. The van der Waals surface area contributed by atoms with Crippen LogP contribution in [-0.2, 0) is 10.8 Å². The molecule has 0 aromatic heterocycles. The SMILES string of the molecule is CC(C)c1cc2c3c(c1)N(c1ccc(C4=N[N+]5=NC(c6ccccc6)=NC6=NC(c7ccccc7)=NC(=N4)N65)cc1)c1c(ccc4ccccc14)B3c1cc(C(C)(C)C)ccc1N2c1ccc(C(C)(C)C)cc1. The lowest BCUT2D eigenvalue weighted by molar-refractivity contribution is -0.705. The lowest BCUT2D eigenvalue weighted by atomic mass is 9.33. The van der Waals surface area contributed by atoms with Gasteiger partial charge in [0.1, 0.15) is 0 Å². The van der Waals surface area contributed by atoms with Crippen molar-refractivity contribution in [3.05, 3.63) is 209 Å². The highest BCUT2D eigenvalue weighted by molar-refractivity contribution is 7.00. The maximum Gasteiger partial charge on any atom is 0.302 e. The number of rotatable bonds is 6. The molecule has 0 unspecified atom stereocenters. The van der Waals surface area contributed by atoms with Gasteiger partial charge in [-0.15, -0.1) is 0 Å². The van der Waals surface area contributed by atoms with E-state index in [4.69, 9.17) is 30.2 Å². The molecule has 0 atom stereocenters. The number of hydrazine groups is 1. The Morgan fingerprint density at radius 1 is 0.479 bits per heavy atom. The molecule has 0 amide bonds. The Hall–Kier alpha value is -8.57. The van der Waals surface area contributed by atoms with Crippen molar-refractivity contribution in [2.24, 2.45) is 30.2 Å². The Balaban J connectivity index is 1.00. The third-order valence-corrected chi connectivity index (χ3v) is 14.7. The molecule has 0 bridgehead atoms. The molecule has 13 rings (SSSR count). The van der Waals surface area contributed by atoms with E-state index < -0.39 is 0 Å². The first kappa shape index (κ1) is 44.4. The van der Waals surface area contributed by atoms with E-state index in [-0.39, 0.29) is 23.5 Å².